The Kier molecular flexibility index (Phi) is 6.10. The van der Waals surface area contributed by atoms with Crippen LogP contribution in [0.25, 0.3) is 17.2 Å². The van der Waals surface area contributed by atoms with Crippen LogP contribution < -0.4 is 21.9 Å². The molecule has 9 nitrogen and oxygen atoms in total. The van der Waals surface area contributed by atoms with Gasteiger partial charge in [0.2, 0.25) is 5.95 Å². The van der Waals surface area contributed by atoms with Gasteiger partial charge in [-0.3, -0.25) is 9.36 Å². The van der Waals surface area contributed by atoms with Crippen molar-refractivity contribution in [2.24, 2.45) is 12.8 Å². The number of piperidine rings is 1. The maximum Gasteiger partial charge on any atom is 0.333 e. The first-order chi connectivity index (χ1) is 16.8. The van der Waals surface area contributed by atoms with Crippen LogP contribution in [-0.4, -0.2) is 42.7 Å². The van der Waals surface area contributed by atoms with E-state index in [4.69, 9.17) is 10.7 Å². The summed E-state index contributed by atoms with van der Waals surface area (Å²) in [5.74, 6) is 0.698. The van der Waals surface area contributed by atoms with E-state index in [1.54, 1.807) is 7.05 Å². The van der Waals surface area contributed by atoms with Gasteiger partial charge < -0.3 is 20.1 Å². The lowest BCUT2D eigenvalue weighted by atomic mass is 10.0. The summed E-state index contributed by atoms with van der Waals surface area (Å²) in [5, 5.41) is 0. The average Bonchev–Trinajstić information content (AvgIpc) is 3.24. The van der Waals surface area contributed by atoms with E-state index in [1.807, 2.05) is 47.7 Å². The van der Waals surface area contributed by atoms with E-state index in [-0.39, 0.29) is 24.0 Å². The molecule has 0 aliphatic carbocycles. The van der Waals surface area contributed by atoms with Gasteiger partial charge in [0.1, 0.15) is 6.67 Å². The van der Waals surface area contributed by atoms with Crippen LogP contribution in [0, 0.1) is 0 Å². The van der Waals surface area contributed by atoms with Crippen molar-refractivity contribution in [3.05, 3.63) is 74.1 Å². The Morgan fingerprint density at radius 1 is 1.20 bits per heavy atom. The highest BCUT2D eigenvalue weighted by molar-refractivity contribution is 5.74. The normalized spacial score (nSPS) is 17.7. The van der Waals surface area contributed by atoms with Gasteiger partial charge in [0.05, 0.1) is 0 Å². The summed E-state index contributed by atoms with van der Waals surface area (Å²) in [6.07, 6.45) is 7.98. The molecule has 2 aliphatic heterocycles. The molecule has 1 unspecified atom stereocenters. The minimum absolute atomic E-state index is 0.0645. The van der Waals surface area contributed by atoms with Crippen molar-refractivity contribution < 1.29 is 0 Å². The summed E-state index contributed by atoms with van der Waals surface area (Å²) in [6.45, 7) is 6.88. The molecule has 1 atom stereocenters. The molecule has 9 heteroatoms. The molecule has 5 rings (SSSR count). The average molecular weight is 476 g/mol. The summed E-state index contributed by atoms with van der Waals surface area (Å²) in [7, 11) is 1.69. The maximum absolute atomic E-state index is 13.8. The number of rotatable bonds is 5. The number of aromatic nitrogens is 4. The molecule has 35 heavy (non-hydrogen) atoms. The Morgan fingerprint density at radius 2 is 2.00 bits per heavy atom. The van der Waals surface area contributed by atoms with Crippen molar-refractivity contribution in [2.45, 2.75) is 52.5 Å². The summed E-state index contributed by atoms with van der Waals surface area (Å²) >= 11 is 0. The molecule has 1 fully saturated rings. The van der Waals surface area contributed by atoms with Crippen LogP contribution in [-0.2, 0) is 26.8 Å². The van der Waals surface area contributed by atoms with E-state index < -0.39 is 0 Å². The van der Waals surface area contributed by atoms with Gasteiger partial charge in [-0.2, -0.15) is 4.98 Å². The van der Waals surface area contributed by atoms with Crippen LogP contribution in [0.4, 0.5) is 5.95 Å². The summed E-state index contributed by atoms with van der Waals surface area (Å²) < 4.78 is 4.75. The molecule has 0 bridgehead atoms. The van der Waals surface area contributed by atoms with Gasteiger partial charge in [-0.05, 0) is 43.9 Å². The number of nitrogens with zero attached hydrogens (tertiary/aromatic N) is 6. The quantitative estimate of drug-likeness (QED) is 0.569. The molecule has 0 spiro atoms. The van der Waals surface area contributed by atoms with Crippen molar-refractivity contribution >= 4 is 23.2 Å². The second-order valence-electron chi connectivity index (χ2n) is 9.80. The van der Waals surface area contributed by atoms with Gasteiger partial charge in [0.15, 0.2) is 11.2 Å². The summed E-state index contributed by atoms with van der Waals surface area (Å²) in [6, 6.07) is 8.21. The maximum atomic E-state index is 13.8. The monoisotopic (exact) mass is 475 g/mol. The molecule has 2 aromatic heterocycles. The van der Waals surface area contributed by atoms with E-state index in [0.717, 1.165) is 30.5 Å². The number of allylic oxidation sites excluding steroid dienone is 2. The van der Waals surface area contributed by atoms with Crippen LogP contribution in [0.5, 0.6) is 0 Å². The first kappa shape index (κ1) is 23.2. The number of anilines is 1. The molecule has 184 valence electrons. The molecule has 2 N–H and O–H groups in total. The Hall–Kier alpha value is -3.59. The molecule has 1 saturated heterocycles. The van der Waals surface area contributed by atoms with Crippen LogP contribution in [0.2, 0.25) is 0 Å². The molecule has 0 saturated carbocycles. The van der Waals surface area contributed by atoms with Gasteiger partial charge in [0, 0.05) is 45.5 Å². The highest BCUT2D eigenvalue weighted by Gasteiger charge is 2.26. The van der Waals surface area contributed by atoms with Crippen LogP contribution in [0.3, 0.4) is 0 Å². The van der Waals surface area contributed by atoms with Crippen molar-refractivity contribution in [3.63, 3.8) is 0 Å². The fraction of sp³-hybridized carbons (Fsp3) is 0.423. The number of hydrogen-bond acceptors (Lipinski definition) is 6. The predicted octanol–water partition coefficient (Wildman–Crippen LogP) is 2.23. The third-order valence-corrected chi connectivity index (χ3v) is 6.85. The standard InChI is InChI=1S/C26H33N7O2/c1-18(2)10-14-32-22-23(28-25(32)31-12-6-9-21(27)16-31)29(3)26(35)33(24(22)34)17-30-13-11-19-7-4-5-8-20(19)15-30/h4-5,7-8,10-11,13,21H,6,9,12,14-17,27H2,1-3H3. The number of nitrogens with two attached hydrogens (primary N) is 1. The molecule has 2 aliphatic rings. The SMILES string of the molecule is CC(C)=CCn1c(N2CCCC(N)C2)nc2c1c(=O)n(CN1C=Cc3ccccc3C1)c(=O)n2C. The third-order valence-electron chi connectivity index (χ3n) is 6.85. The van der Waals surface area contributed by atoms with Crippen LogP contribution in [0.1, 0.15) is 37.8 Å². The molecular weight excluding hydrogens is 442 g/mol. The Bertz CT molecular complexity index is 1440. The number of imidazole rings is 1. The van der Waals surface area contributed by atoms with Crippen LogP contribution in [0.15, 0.2) is 51.7 Å². The van der Waals surface area contributed by atoms with Gasteiger partial charge in [-0.1, -0.05) is 35.9 Å². The number of hydrogen-bond donors (Lipinski definition) is 1. The first-order valence-electron chi connectivity index (χ1n) is 12.2. The van der Waals surface area contributed by atoms with Gasteiger partial charge in [-0.15, -0.1) is 0 Å². The van der Waals surface area contributed by atoms with Gasteiger partial charge in [0.25, 0.3) is 5.56 Å². The lowest BCUT2D eigenvalue weighted by molar-refractivity contribution is 0.282. The van der Waals surface area contributed by atoms with Crippen molar-refractivity contribution in [3.8, 4) is 0 Å². The Labute approximate surface area is 204 Å². The number of benzene rings is 1. The zero-order valence-corrected chi connectivity index (χ0v) is 20.6. The molecule has 0 amide bonds. The van der Waals surface area contributed by atoms with E-state index in [1.165, 1.54) is 14.7 Å². The third kappa shape index (κ3) is 4.32. The second kappa shape index (κ2) is 9.22. The smallest absolute Gasteiger partial charge is 0.333 e. The van der Waals surface area contributed by atoms with Crippen molar-refractivity contribution in [1.29, 1.82) is 0 Å². The van der Waals surface area contributed by atoms with Gasteiger partial charge >= 0.3 is 5.69 Å². The minimum Gasteiger partial charge on any atom is -0.355 e. The first-order valence-corrected chi connectivity index (χ1v) is 12.2. The number of fused-ring (bicyclic) bond motifs is 2. The van der Waals surface area contributed by atoms with Gasteiger partial charge in [-0.25, -0.2) is 9.36 Å². The topological polar surface area (TPSA) is 94.3 Å². The molecule has 0 radical (unpaired) electrons. The Morgan fingerprint density at radius 3 is 2.77 bits per heavy atom. The highest BCUT2D eigenvalue weighted by Crippen LogP contribution is 2.24. The van der Waals surface area contributed by atoms with E-state index in [0.29, 0.717) is 36.7 Å². The zero-order valence-electron chi connectivity index (χ0n) is 20.6. The summed E-state index contributed by atoms with van der Waals surface area (Å²) in [5.41, 5.74) is 9.88. The van der Waals surface area contributed by atoms with Crippen molar-refractivity contribution in [1.82, 2.24) is 23.6 Å². The highest BCUT2D eigenvalue weighted by atomic mass is 16.2. The Balaban J connectivity index is 1.61. The zero-order chi connectivity index (χ0) is 24.7. The largest absolute Gasteiger partial charge is 0.355 e. The second-order valence-corrected chi connectivity index (χ2v) is 9.80. The summed E-state index contributed by atoms with van der Waals surface area (Å²) in [4.78, 5) is 36.1. The molecule has 3 aromatic rings. The van der Waals surface area contributed by atoms with E-state index >= 15 is 0 Å². The fourth-order valence-corrected chi connectivity index (χ4v) is 4.94. The molecule has 4 heterocycles. The lowest BCUT2D eigenvalue weighted by Gasteiger charge is -2.31. The lowest BCUT2D eigenvalue weighted by Crippen LogP contribution is -2.44. The van der Waals surface area contributed by atoms with E-state index in [9.17, 15) is 9.59 Å². The number of aryl methyl sites for hydroxylation is 1. The minimum atomic E-state index is -0.372. The van der Waals surface area contributed by atoms with E-state index in [2.05, 4.69) is 23.1 Å². The predicted molar refractivity (Wildman–Crippen MR) is 139 cm³/mol. The fourth-order valence-electron chi connectivity index (χ4n) is 4.94. The van der Waals surface area contributed by atoms with Crippen LogP contribution >= 0.6 is 0 Å². The van der Waals surface area contributed by atoms with Crippen molar-refractivity contribution in [2.75, 3.05) is 18.0 Å². The molecular formula is C26H33N7O2. The molecule has 1 aromatic carbocycles.